The van der Waals surface area contributed by atoms with Crippen molar-refractivity contribution >= 4 is 40.4 Å². The Kier molecular flexibility index (Phi) is 6.84. The second-order valence-electron chi connectivity index (χ2n) is 8.87. The minimum atomic E-state index is -0.467. The van der Waals surface area contributed by atoms with Gasteiger partial charge in [-0.05, 0) is 58.7 Å². The summed E-state index contributed by atoms with van der Waals surface area (Å²) in [6.45, 7) is 2.46. The third kappa shape index (κ3) is 5.29. The third-order valence-electron chi connectivity index (χ3n) is 6.15. The van der Waals surface area contributed by atoms with E-state index in [2.05, 4.69) is 29.6 Å². The number of aryl methyl sites for hydroxylation is 1. The lowest BCUT2D eigenvalue weighted by Gasteiger charge is -2.14. The average Bonchev–Trinajstić information content (AvgIpc) is 3.15. The first-order chi connectivity index (χ1) is 17.9. The molecule has 0 spiro atoms. The molecule has 1 heterocycles. The number of carbonyl (C=O) groups excluding carboxylic acids is 2. The van der Waals surface area contributed by atoms with Crippen LogP contribution in [-0.4, -0.2) is 23.9 Å². The molecule has 6 nitrogen and oxygen atoms in total. The molecule has 0 saturated carbocycles. The van der Waals surface area contributed by atoms with E-state index in [1.165, 1.54) is 12.0 Å². The molecular formula is C30H25ClN2O4. The number of amides is 3. The normalized spacial score (nSPS) is 14.4. The van der Waals surface area contributed by atoms with E-state index in [1.54, 1.807) is 18.2 Å². The molecule has 3 amide bonds. The summed E-state index contributed by atoms with van der Waals surface area (Å²) < 4.78 is 11.6. The van der Waals surface area contributed by atoms with Gasteiger partial charge in [-0.3, -0.25) is 9.69 Å². The molecule has 186 valence electrons. The predicted octanol–water partition coefficient (Wildman–Crippen LogP) is 6.48. The zero-order valence-electron chi connectivity index (χ0n) is 20.5. The van der Waals surface area contributed by atoms with Gasteiger partial charge in [-0.1, -0.05) is 77.8 Å². The minimum Gasteiger partial charge on any atom is -0.493 e. The number of fused-ring (bicyclic) bond motifs is 1. The van der Waals surface area contributed by atoms with Crippen LogP contribution in [0.15, 0.2) is 84.6 Å². The summed E-state index contributed by atoms with van der Waals surface area (Å²) >= 11 is 6.56. The van der Waals surface area contributed by atoms with Crippen molar-refractivity contribution in [3.05, 3.63) is 112 Å². The van der Waals surface area contributed by atoms with Crippen molar-refractivity contribution in [2.75, 3.05) is 7.11 Å². The Hall–Kier alpha value is -4.29. The number of nitrogens with one attached hydrogen (secondary N) is 1. The molecule has 1 N–H and O–H groups in total. The summed E-state index contributed by atoms with van der Waals surface area (Å²) in [6.07, 6.45) is 1.58. The molecule has 1 fully saturated rings. The predicted molar refractivity (Wildman–Crippen MR) is 145 cm³/mol. The topological polar surface area (TPSA) is 67.9 Å². The maximum atomic E-state index is 13.0. The lowest BCUT2D eigenvalue weighted by molar-refractivity contribution is -0.123. The van der Waals surface area contributed by atoms with E-state index in [0.29, 0.717) is 28.7 Å². The molecule has 4 aromatic rings. The van der Waals surface area contributed by atoms with Gasteiger partial charge in [-0.15, -0.1) is 0 Å². The smallest absolute Gasteiger partial charge is 0.329 e. The van der Waals surface area contributed by atoms with Gasteiger partial charge in [-0.2, -0.15) is 0 Å². The fourth-order valence-electron chi connectivity index (χ4n) is 4.32. The average molecular weight is 513 g/mol. The van der Waals surface area contributed by atoms with Crippen molar-refractivity contribution in [1.82, 2.24) is 10.2 Å². The standard InChI is InChI=1S/C30H25ClN2O4/c1-19-6-5-7-20(12-19)17-33-29(34)26(32-30(33)35)15-22-14-25(31)28(27(16-22)36-2)37-18-21-10-11-23-8-3-4-9-24(23)13-21/h3-16H,17-18H2,1-2H3,(H,32,35)/b26-15+. The summed E-state index contributed by atoms with van der Waals surface area (Å²) in [5.41, 5.74) is 3.70. The van der Waals surface area contributed by atoms with Gasteiger partial charge in [0.1, 0.15) is 12.3 Å². The van der Waals surface area contributed by atoms with Gasteiger partial charge in [0.2, 0.25) is 0 Å². The van der Waals surface area contributed by atoms with Crippen molar-refractivity contribution in [2.45, 2.75) is 20.1 Å². The molecule has 5 rings (SSSR count). The van der Waals surface area contributed by atoms with Crippen LogP contribution in [0.3, 0.4) is 0 Å². The van der Waals surface area contributed by atoms with Crippen LogP contribution in [0, 0.1) is 6.92 Å². The highest BCUT2D eigenvalue weighted by Crippen LogP contribution is 2.38. The molecule has 0 aliphatic carbocycles. The van der Waals surface area contributed by atoms with Crippen LogP contribution in [0.2, 0.25) is 5.02 Å². The summed E-state index contributed by atoms with van der Waals surface area (Å²) in [6, 6.07) is 24.9. The van der Waals surface area contributed by atoms with Gasteiger partial charge >= 0.3 is 6.03 Å². The zero-order valence-corrected chi connectivity index (χ0v) is 21.2. The SMILES string of the molecule is COc1cc(/C=C2/NC(=O)N(Cc3cccc(C)c3)C2=O)cc(Cl)c1OCc1ccc2ccccc2c1. The van der Waals surface area contributed by atoms with Gasteiger partial charge in [0.25, 0.3) is 5.91 Å². The Morgan fingerprint density at radius 1 is 0.919 bits per heavy atom. The van der Waals surface area contributed by atoms with Crippen molar-refractivity contribution in [3.8, 4) is 11.5 Å². The van der Waals surface area contributed by atoms with Crippen LogP contribution >= 0.6 is 11.6 Å². The minimum absolute atomic E-state index is 0.167. The van der Waals surface area contributed by atoms with Crippen molar-refractivity contribution in [1.29, 1.82) is 0 Å². The number of nitrogens with zero attached hydrogens (tertiary/aromatic N) is 1. The highest BCUT2D eigenvalue weighted by Gasteiger charge is 2.33. The number of hydrogen-bond donors (Lipinski definition) is 1. The lowest BCUT2D eigenvalue weighted by atomic mass is 10.1. The molecule has 0 radical (unpaired) electrons. The van der Waals surface area contributed by atoms with Crippen LogP contribution < -0.4 is 14.8 Å². The zero-order chi connectivity index (χ0) is 25.9. The van der Waals surface area contributed by atoms with E-state index in [4.69, 9.17) is 21.1 Å². The second kappa shape index (κ2) is 10.4. The Bertz CT molecular complexity index is 1550. The van der Waals surface area contributed by atoms with E-state index < -0.39 is 11.9 Å². The number of imide groups is 1. The van der Waals surface area contributed by atoms with Crippen LogP contribution in [0.25, 0.3) is 16.8 Å². The van der Waals surface area contributed by atoms with E-state index in [0.717, 1.165) is 27.5 Å². The summed E-state index contributed by atoms with van der Waals surface area (Å²) in [5.74, 6) is 0.425. The molecule has 1 aliphatic heterocycles. The second-order valence-corrected chi connectivity index (χ2v) is 9.28. The Morgan fingerprint density at radius 3 is 2.51 bits per heavy atom. The molecular weight excluding hydrogens is 488 g/mol. The monoisotopic (exact) mass is 512 g/mol. The highest BCUT2D eigenvalue weighted by molar-refractivity contribution is 6.32. The number of urea groups is 1. The van der Waals surface area contributed by atoms with E-state index in [1.807, 2.05) is 49.4 Å². The number of methoxy groups -OCH3 is 1. The summed E-state index contributed by atoms with van der Waals surface area (Å²) in [7, 11) is 1.53. The molecule has 0 unspecified atom stereocenters. The number of carbonyl (C=O) groups is 2. The number of hydrogen-bond acceptors (Lipinski definition) is 4. The van der Waals surface area contributed by atoms with Gasteiger partial charge in [-0.25, -0.2) is 4.79 Å². The fourth-order valence-corrected chi connectivity index (χ4v) is 4.60. The quantitative estimate of drug-likeness (QED) is 0.227. The van der Waals surface area contributed by atoms with Crippen molar-refractivity contribution < 1.29 is 19.1 Å². The maximum Gasteiger partial charge on any atom is 0.329 e. The number of rotatable bonds is 7. The van der Waals surface area contributed by atoms with Gasteiger partial charge in [0.05, 0.1) is 18.7 Å². The van der Waals surface area contributed by atoms with E-state index >= 15 is 0 Å². The molecule has 0 aromatic heterocycles. The molecule has 7 heteroatoms. The number of halogens is 1. The van der Waals surface area contributed by atoms with Crippen molar-refractivity contribution in [2.24, 2.45) is 0 Å². The summed E-state index contributed by atoms with van der Waals surface area (Å²) in [4.78, 5) is 26.6. The Balaban J connectivity index is 1.34. The Labute approximate surface area is 220 Å². The van der Waals surface area contributed by atoms with Crippen LogP contribution in [-0.2, 0) is 17.9 Å². The maximum absolute atomic E-state index is 13.0. The molecule has 1 saturated heterocycles. The van der Waals surface area contributed by atoms with E-state index in [9.17, 15) is 9.59 Å². The molecule has 37 heavy (non-hydrogen) atoms. The highest BCUT2D eigenvalue weighted by atomic mass is 35.5. The fraction of sp³-hybridized carbons (Fsp3) is 0.133. The van der Waals surface area contributed by atoms with Crippen LogP contribution in [0.1, 0.15) is 22.3 Å². The molecule has 0 bridgehead atoms. The van der Waals surface area contributed by atoms with Gasteiger partial charge < -0.3 is 14.8 Å². The molecule has 1 aliphatic rings. The first-order valence-corrected chi connectivity index (χ1v) is 12.2. The van der Waals surface area contributed by atoms with Crippen LogP contribution in [0.4, 0.5) is 4.79 Å². The molecule has 0 atom stereocenters. The lowest BCUT2D eigenvalue weighted by Crippen LogP contribution is -2.30. The number of benzene rings is 4. The van der Waals surface area contributed by atoms with Gasteiger partial charge in [0, 0.05) is 0 Å². The molecule has 4 aromatic carbocycles. The Morgan fingerprint density at radius 2 is 1.73 bits per heavy atom. The van der Waals surface area contributed by atoms with Gasteiger partial charge in [0.15, 0.2) is 11.5 Å². The first-order valence-electron chi connectivity index (χ1n) is 11.8. The number of ether oxygens (including phenoxy) is 2. The van der Waals surface area contributed by atoms with Crippen LogP contribution in [0.5, 0.6) is 11.5 Å². The first kappa shape index (κ1) is 24.4. The largest absolute Gasteiger partial charge is 0.493 e. The third-order valence-corrected chi connectivity index (χ3v) is 6.43. The van der Waals surface area contributed by atoms with E-state index in [-0.39, 0.29) is 12.2 Å². The van der Waals surface area contributed by atoms with Crippen molar-refractivity contribution in [3.63, 3.8) is 0 Å². The summed E-state index contributed by atoms with van der Waals surface area (Å²) in [5, 5.41) is 5.27.